The number of Topliss-reactive ketones (excluding diaryl/α,β-unsaturated/α-hetero) is 1. The van der Waals surface area contributed by atoms with E-state index in [1.165, 1.54) is 0 Å². The minimum absolute atomic E-state index is 0.0650. The third-order valence-corrected chi connectivity index (χ3v) is 9.07. The number of ether oxygens (including phenoxy) is 4. The number of carbonyl (C=O) groups is 3. The average Bonchev–Trinajstić information content (AvgIpc) is 3.11. The Hall–Kier alpha value is -4.17. The number of allylic oxidation sites excluding steroid dienone is 2. The highest BCUT2D eigenvalue weighted by atomic mass is 16.6. The van der Waals surface area contributed by atoms with Crippen molar-refractivity contribution in [2.45, 2.75) is 124 Å². The van der Waals surface area contributed by atoms with E-state index >= 15 is 0 Å². The van der Waals surface area contributed by atoms with Gasteiger partial charge < -0.3 is 18.9 Å². The molecule has 286 valence electrons. The van der Waals surface area contributed by atoms with Gasteiger partial charge in [0.05, 0.1) is 41.7 Å². The van der Waals surface area contributed by atoms with E-state index in [-0.39, 0.29) is 36.4 Å². The normalized spacial score (nSPS) is 13.4. The number of carbonyl (C=O) groups excluding carboxylic acids is 3. The SMILES string of the molecule is C=C(c1ccccc1C(=O)c1ccccc1)C(C)(C)OCC(C)(C)OC(C)CC(C)(C)OCC(C)(C)OC(=O)c1ccccc1C(=O)C(=CC)CCC. The van der Waals surface area contributed by atoms with Crippen LogP contribution in [0.3, 0.4) is 0 Å². The second-order valence-electron chi connectivity index (χ2n) is 16.0. The summed E-state index contributed by atoms with van der Waals surface area (Å²) in [4.78, 5) is 40.0. The minimum Gasteiger partial charge on any atom is -0.454 e. The molecule has 3 aromatic carbocycles. The summed E-state index contributed by atoms with van der Waals surface area (Å²) in [6.45, 7) is 26.1. The van der Waals surface area contributed by atoms with Crippen LogP contribution in [-0.4, -0.2) is 59.3 Å². The van der Waals surface area contributed by atoms with Crippen molar-refractivity contribution >= 4 is 23.1 Å². The van der Waals surface area contributed by atoms with Crippen LogP contribution in [-0.2, 0) is 18.9 Å². The van der Waals surface area contributed by atoms with Crippen molar-refractivity contribution in [3.05, 3.63) is 125 Å². The van der Waals surface area contributed by atoms with E-state index in [0.717, 1.165) is 12.0 Å². The Bertz CT molecular complexity index is 1760. The molecule has 0 spiro atoms. The maximum Gasteiger partial charge on any atom is 0.339 e. The molecule has 53 heavy (non-hydrogen) atoms. The van der Waals surface area contributed by atoms with Crippen molar-refractivity contribution in [3.63, 3.8) is 0 Å². The summed E-state index contributed by atoms with van der Waals surface area (Å²) in [5, 5.41) is 0. The highest BCUT2D eigenvalue weighted by Gasteiger charge is 2.34. The van der Waals surface area contributed by atoms with Gasteiger partial charge in [0.1, 0.15) is 5.60 Å². The van der Waals surface area contributed by atoms with Gasteiger partial charge in [0, 0.05) is 23.1 Å². The summed E-state index contributed by atoms with van der Waals surface area (Å²) in [5.74, 6) is -0.791. The Labute approximate surface area is 317 Å². The molecule has 7 heteroatoms. The molecule has 1 unspecified atom stereocenters. The highest BCUT2D eigenvalue weighted by molar-refractivity contribution is 6.14. The molecule has 3 rings (SSSR count). The van der Waals surface area contributed by atoms with Crippen molar-refractivity contribution in [2.24, 2.45) is 0 Å². The van der Waals surface area contributed by atoms with Crippen molar-refractivity contribution < 1.29 is 33.3 Å². The Morgan fingerprint density at radius 2 is 1.23 bits per heavy atom. The summed E-state index contributed by atoms with van der Waals surface area (Å²) in [5.41, 5.74) is 0.872. The smallest absolute Gasteiger partial charge is 0.339 e. The van der Waals surface area contributed by atoms with Gasteiger partial charge in [-0.15, -0.1) is 0 Å². The van der Waals surface area contributed by atoms with Crippen molar-refractivity contribution in [1.82, 2.24) is 0 Å². The van der Waals surface area contributed by atoms with Crippen LogP contribution in [0.15, 0.2) is 97.1 Å². The molecule has 0 fully saturated rings. The number of rotatable bonds is 20. The summed E-state index contributed by atoms with van der Waals surface area (Å²) < 4.78 is 25.2. The van der Waals surface area contributed by atoms with E-state index in [2.05, 4.69) is 6.58 Å². The highest BCUT2D eigenvalue weighted by Crippen LogP contribution is 2.34. The van der Waals surface area contributed by atoms with Gasteiger partial charge in [0.25, 0.3) is 0 Å². The van der Waals surface area contributed by atoms with Gasteiger partial charge in [-0.2, -0.15) is 0 Å². The fourth-order valence-corrected chi connectivity index (χ4v) is 6.22. The zero-order valence-corrected chi connectivity index (χ0v) is 33.8. The van der Waals surface area contributed by atoms with Crippen LogP contribution in [0.1, 0.15) is 138 Å². The van der Waals surface area contributed by atoms with Crippen molar-refractivity contribution in [1.29, 1.82) is 0 Å². The van der Waals surface area contributed by atoms with Gasteiger partial charge >= 0.3 is 5.97 Å². The fraction of sp³-hybridized carbons (Fsp3) is 0.457. The topological polar surface area (TPSA) is 88.1 Å². The molecule has 0 aliphatic carbocycles. The van der Waals surface area contributed by atoms with Gasteiger partial charge in [-0.3, -0.25) is 9.59 Å². The molecular formula is C46H60O7. The number of ketones is 2. The van der Waals surface area contributed by atoms with E-state index in [0.29, 0.717) is 40.7 Å². The van der Waals surface area contributed by atoms with Gasteiger partial charge in [-0.05, 0) is 98.4 Å². The summed E-state index contributed by atoms with van der Waals surface area (Å²) in [6, 6.07) is 23.5. The first-order valence-corrected chi connectivity index (χ1v) is 18.6. The third kappa shape index (κ3) is 12.4. The third-order valence-electron chi connectivity index (χ3n) is 9.07. The van der Waals surface area contributed by atoms with Crippen LogP contribution in [0.4, 0.5) is 0 Å². The Kier molecular flexibility index (Phi) is 14.9. The minimum atomic E-state index is -0.965. The molecule has 0 aromatic heterocycles. The molecule has 3 aromatic rings. The lowest BCUT2D eigenvalue weighted by Gasteiger charge is -2.37. The lowest BCUT2D eigenvalue weighted by atomic mass is 9.87. The maximum absolute atomic E-state index is 13.4. The first-order chi connectivity index (χ1) is 24.7. The van der Waals surface area contributed by atoms with E-state index in [1.807, 2.05) is 123 Å². The molecular weight excluding hydrogens is 664 g/mol. The number of hydrogen-bond donors (Lipinski definition) is 0. The summed E-state index contributed by atoms with van der Waals surface area (Å²) in [7, 11) is 0. The summed E-state index contributed by atoms with van der Waals surface area (Å²) >= 11 is 0. The second kappa shape index (κ2) is 18.2. The quantitative estimate of drug-likeness (QED) is 0.0651. The summed E-state index contributed by atoms with van der Waals surface area (Å²) in [6.07, 6.45) is 3.64. The lowest BCUT2D eigenvalue weighted by molar-refractivity contribution is -0.155. The average molecular weight is 725 g/mol. The monoisotopic (exact) mass is 724 g/mol. The Balaban J connectivity index is 1.58. The van der Waals surface area contributed by atoms with Crippen LogP contribution in [0.25, 0.3) is 5.57 Å². The molecule has 1 atom stereocenters. The van der Waals surface area contributed by atoms with Gasteiger partial charge in [-0.1, -0.05) is 98.8 Å². The van der Waals surface area contributed by atoms with Crippen molar-refractivity contribution in [3.8, 4) is 0 Å². The van der Waals surface area contributed by atoms with E-state index in [4.69, 9.17) is 18.9 Å². The van der Waals surface area contributed by atoms with E-state index < -0.39 is 28.4 Å². The number of benzene rings is 3. The van der Waals surface area contributed by atoms with Gasteiger partial charge in [-0.25, -0.2) is 4.79 Å². The number of esters is 1. The standard InChI is InChI=1S/C46H60O7/c1-13-22-34(14-2)40(47)38-27-20-21-28-39(38)42(49)53-45(9,10)30-50-43(5,6)29-32(3)52-44(7,8)31-51-46(11,12)33(4)36-25-18-19-26-37(36)41(48)35-23-16-15-17-24-35/h14-21,23-28,32H,4,13,22,29-31H2,1-3,5-12H3. The van der Waals surface area contributed by atoms with Crippen LogP contribution >= 0.6 is 0 Å². The largest absolute Gasteiger partial charge is 0.454 e. The zero-order chi connectivity index (χ0) is 39.6. The number of hydrogen-bond acceptors (Lipinski definition) is 7. The molecule has 0 aliphatic heterocycles. The molecule has 7 nitrogen and oxygen atoms in total. The van der Waals surface area contributed by atoms with Crippen LogP contribution in [0, 0.1) is 0 Å². The molecule has 0 amide bonds. The predicted molar refractivity (Wildman–Crippen MR) is 214 cm³/mol. The lowest BCUT2D eigenvalue weighted by Crippen LogP contribution is -2.42. The molecule has 0 N–H and O–H groups in total. The second-order valence-corrected chi connectivity index (χ2v) is 16.0. The molecule has 0 bridgehead atoms. The maximum atomic E-state index is 13.4. The van der Waals surface area contributed by atoms with Crippen molar-refractivity contribution in [2.75, 3.05) is 13.2 Å². The first-order valence-electron chi connectivity index (χ1n) is 18.6. The van der Waals surface area contributed by atoms with Crippen LogP contribution in [0.2, 0.25) is 0 Å². The Morgan fingerprint density at radius 1 is 0.698 bits per heavy atom. The Morgan fingerprint density at radius 3 is 1.81 bits per heavy atom. The van der Waals surface area contributed by atoms with E-state index in [1.54, 1.807) is 38.1 Å². The zero-order valence-electron chi connectivity index (χ0n) is 33.8. The molecule has 0 radical (unpaired) electrons. The van der Waals surface area contributed by atoms with Crippen LogP contribution in [0.5, 0.6) is 0 Å². The van der Waals surface area contributed by atoms with Gasteiger partial charge in [0.15, 0.2) is 11.6 Å². The van der Waals surface area contributed by atoms with Crippen LogP contribution < -0.4 is 0 Å². The molecule has 0 saturated carbocycles. The predicted octanol–water partition coefficient (Wildman–Crippen LogP) is 10.7. The fourth-order valence-electron chi connectivity index (χ4n) is 6.22. The molecule has 0 saturated heterocycles. The first kappa shape index (κ1) is 43.2. The van der Waals surface area contributed by atoms with E-state index in [9.17, 15) is 14.4 Å². The molecule has 0 aliphatic rings. The van der Waals surface area contributed by atoms with Gasteiger partial charge in [0.2, 0.25) is 0 Å². The molecule has 0 heterocycles.